The van der Waals surface area contributed by atoms with E-state index in [1.54, 1.807) is 104 Å². The second kappa shape index (κ2) is 35.6. The third kappa shape index (κ3) is 20.5. The number of alkyl halides is 6. The van der Waals surface area contributed by atoms with Gasteiger partial charge in [-0.3, -0.25) is 39.1 Å². The second-order valence-corrected chi connectivity index (χ2v) is 25.5. The molecule has 12 N–H and O–H groups in total. The molecule has 0 radical (unpaired) electrons. The van der Waals surface area contributed by atoms with E-state index in [-0.39, 0.29) is 5.82 Å². The van der Waals surface area contributed by atoms with Gasteiger partial charge in [0.05, 0.1) is 44.1 Å². The number of imidazole rings is 4. The molecule has 0 unspecified atom stereocenters. The Kier molecular flexibility index (Phi) is 24.1. The van der Waals surface area contributed by atoms with Crippen molar-refractivity contribution in [3.63, 3.8) is 0 Å². The number of benzene rings is 10. The number of nitrogens with one attached hydrogen (secondary N) is 6. The Balaban J connectivity index is 0.000000126. The van der Waals surface area contributed by atoms with Crippen LogP contribution in [0, 0.1) is 0 Å². The Bertz CT molecular complexity index is 6190. The van der Waals surface area contributed by atoms with Crippen molar-refractivity contribution in [2.75, 3.05) is 38.5 Å². The number of rotatable bonds is 11. The van der Waals surface area contributed by atoms with Crippen LogP contribution >= 0.6 is 11.6 Å². The van der Waals surface area contributed by atoms with Crippen LogP contribution in [-0.2, 0) is 12.4 Å². The van der Waals surface area contributed by atoms with Crippen LogP contribution < -0.4 is 47.9 Å². The highest BCUT2D eigenvalue weighted by molar-refractivity contribution is 6.61. The quantitative estimate of drug-likeness (QED) is 0.0330. The number of fused-ring (bicyclic) bond motifs is 4. The van der Waals surface area contributed by atoms with Gasteiger partial charge in [-0.25, -0.2) is 39.1 Å². The fourth-order valence-electron chi connectivity index (χ4n) is 11.4. The number of amides is 4. The van der Waals surface area contributed by atoms with E-state index in [0.29, 0.717) is 51.2 Å². The zero-order chi connectivity index (χ0) is 81.3. The number of aromatic nitrogens is 14. The summed E-state index contributed by atoms with van der Waals surface area (Å²) in [6.45, 7) is 0. The van der Waals surface area contributed by atoms with Crippen LogP contribution in [0.4, 0.5) is 85.7 Å². The van der Waals surface area contributed by atoms with Gasteiger partial charge in [0.2, 0.25) is 0 Å². The lowest BCUT2D eigenvalue weighted by Crippen LogP contribution is -2.23. The predicted molar refractivity (Wildman–Crippen MR) is 430 cm³/mol. The Morgan fingerprint density at radius 1 is 0.431 bits per heavy atom. The zero-order valence-corrected chi connectivity index (χ0v) is 61.2. The van der Waals surface area contributed by atoms with Gasteiger partial charge in [0.15, 0.2) is 11.5 Å². The van der Waals surface area contributed by atoms with Crippen molar-refractivity contribution >= 4 is 120 Å². The number of carbonyl (C=O) groups is 4. The molecule has 7 aromatic heterocycles. The predicted octanol–water partition coefficient (Wildman–Crippen LogP) is 18.9. The Hall–Kier alpha value is -15.5. The maximum atomic E-state index is 12.7. The first-order valence-corrected chi connectivity index (χ1v) is 35.5. The number of para-hydroxylation sites is 10. The van der Waals surface area contributed by atoms with Crippen molar-refractivity contribution in [3.05, 3.63) is 315 Å². The highest BCUT2D eigenvalue weighted by atomic mass is 35.5. The largest absolute Gasteiger partial charge is 0.435 e. The summed E-state index contributed by atoms with van der Waals surface area (Å²) in [7, 11) is 0. The molecule has 34 heteroatoms. The molecule has 1 aliphatic carbocycles. The fraction of sp³-hybridized carbons (Fsp3) is 0.0610. The van der Waals surface area contributed by atoms with E-state index >= 15 is 0 Å². The molecule has 7 heterocycles. The lowest BCUT2D eigenvalue weighted by molar-refractivity contribution is -0.142. The molecule has 1 aliphatic rings. The third-order valence-corrected chi connectivity index (χ3v) is 17.1. The number of halogens is 7. The third-order valence-electron chi connectivity index (χ3n) is 17.1. The number of aromatic amines is 2. The maximum absolute atomic E-state index is 12.7. The Morgan fingerprint density at radius 2 is 0.828 bits per heavy atom. The minimum absolute atomic E-state index is 0.230. The summed E-state index contributed by atoms with van der Waals surface area (Å²) >= 11 is 4.95. The van der Waals surface area contributed by atoms with Gasteiger partial charge in [0.1, 0.15) is 54.1 Å². The van der Waals surface area contributed by atoms with Crippen LogP contribution in [0.15, 0.2) is 298 Å². The van der Waals surface area contributed by atoms with Gasteiger partial charge in [0, 0.05) is 86.9 Å². The number of anilines is 7. The van der Waals surface area contributed by atoms with Gasteiger partial charge in [-0.2, -0.15) is 46.3 Å². The molecule has 0 saturated heterocycles. The molecular weight excluding hydrogens is 1520 g/mol. The normalized spacial score (nSPS) is 11.5. The number of hydrogen-bond donors (Lipinski definition) is 9. The van der Waals surface area contributed by atoms with E-state index in [1.807, 2.05) is 195 Å². The number of ether oxygens (including phenoxy) is 2. The molecule has 4 amide bonds. The van der Waals surface area contributed by atoms with E-state index in [1.165, 1.54) is 18.5 Å². The van der Waals surface area contributed by atoms with E-state index in [9.17, 15) is 45.5 Å². The number of urea groups is 1. The molecule has 27 nitrogen and oxygen atoms in total. The topological polar surface area (TPSA) is 359 Å². The van der Waals surface area contributed by atoms with Crippen molar-refractivity contribution in [3.8, 4) is 34.2 Å². The van der Waals surface area contributed by atoms with Crippen LogP contribution in [0.2, 0.25) is 0 Å². The van der Waals surface area contributed by atoms with Gasteiger partial charge in [-0.1, -0.05) is 84.9 Å². The van der Waals surface area contributed by atoms with Gasteiger partial charge < -0.3 is 37.3 Å². The highest BCUT2D eigenvalue weighted by Gasteiger charge is 2.36. The van der Waals surface area contributed by atoms with Gasteiger partial charge in [-0.05, 0) is 183 Å². The maximum Gasteiger partial charge on any atom is 0.435 e. The zero-order valence-electron chi connectivity index (χ0n) is 60.5. The molecule has 0 spiro atoms. The van der Waals surface area contributed by atoms with Gasteiger partial charge >= 0.3 is 35.9 Å². The minimum atomic E-state index is -4.69. The molecule has 17 aromatic rings. The average Bonchev–Trinajstić information content (AvgIpc) is 1.64. The molecule has 0 bridgehead atoms. The monoisotopic (exact) mass is 1590 g/mol. The van der Waals surface area contributed by atoms with Gasteiger partial charge in [-0.15, -0.1) is 0 Å². The van der Waals surface area contributed by atoms with Crippen molar-refractivity contribution < 1.29 is 55.0 Å². The summed E-state index contributed by atoms with van der Waals surface area (Å²) in [5, 5.41) is 25.1. The molecule has 1 saturated carbocycles. The Labute approximate surface area is 658 Å². The summed E-state index contributed by atoms with van der Waals surface area (Å²) in [5.74, 6) is 1.66. The standard InChI is InChI=1S/C20H15N3O2.2C18H13F3N6O.C13H11N3.C7H5ClO2.C6H9N3/c24-20(25-17-6-2-1-3-7-17)22-15-10-12-16(13-11-15)23-14-21-18-8-4-5-9-19(18)23;19-18(20,21)15-9-16(22)27(25-15)17(28)24-11-5-7-12(8-6-11)26-10-23-13-3-1-2-4-14(13)26;19-18(20,21)15-9-16(26-25-15)24-17(28)23-11-5-7-12(8-6-11)27-10-22-13-3-1-2-4-14(13)27;14-10-5-7-11(8-6-10)16-9-15-12-3-1-2-4-13(12)16;8-7(9)10-6-4-2-1-3-5-6;7-6-3-5(8-9-6)4-1-2-4/h1-14H,(H,22,24);1-10H,22H2,(H,24,28);1-10H,(H3,23,24,25,26,28);1-9H,14H2;1-5H;3-4H,1-2H2,(H3,7,8,9). The van der Waals surface area contributed by atoms with Crippen LogP contribution in [0.3, 0.4) is 0 Å². The molecule has 0 atom stereocenters. The van der Waals surface area contributed by atoms with E-state index in [4.69, 9.17) is 33.5 Å². The first-order valence-electron chi connectivity index (χ1n) is 35.1. The minimum Gasteiger partial charge on any atom is -0.415 e. The number of nitrogen functional groups attached to an aromatic ring is 3. The number of hydrogen-bond acceptors (Lipinski definition) is 16. The first kappa shape index (κ1) is 78.6. The number of carbonyl (C=O) groups excluding carboxylic acids is 4. The molecule has 1 fully saturated rings. The number of nitrogens with two attached hydrogens (primary N) is 3. The van der Waals surface area contributed by atoms with E-state index in [0.717, 1.165) is 78.5 Å². The lowest BCUT2D eigenvalue weighted by Gasteiger charge is -2.08. The van der Waals surface area contributed by atoms with Crippen LogP contribution in [-0.4, -0.2) is 92.0 Å². The van der Waals surface area contributed by atoms with Crippen molar-refractivity contribution in [1.82, 2.24) is 68.4 Å². The number of H-pyrrole nitrogens is 2. The summed E-state index contributed by atoms with van der Waals surface area (Å²) in [5.41, 5.74) is 28.3. The molecule has 18 rings (SSSR count). The van der Waals surface area contributed by atoms with Gasteiger partial charge in [0.25, 0.3) is 0 Å². The molecule has 116 heavy (non-hydrogen) atoms. The Morgan fingerprint density at radius 3 is 1.21 bits per heavy atom. The van der Waals surface area contributed by atoms with Crippen molar-refractivity contribution in [1.29, 1.82) is 0 Å². The van der Waals surface area contributed by atoms with Crippen LogP contribution in [0.25, 0.3) is 66.9 Å². The fourth-order valence-corrected chi connectivity index (χ4v) is 11.5. The smallest absolute Gasteiger partial charge is 0.415 e. The summed E-state index contributed by atoms with van der Waals surface area (Å²) in [4.78, 5) is 63.6. The lowest BCUT2D eigenvalue weighted by atomic mass is 10.2. The summed E-state index contributed by atoms with van der Waals surface area (Å²) < 4.78 is 93.7. The molecule has 584 valence electrons. The summed E-state index contributed by atoms with van der Waals surface area (Å²) in [6, 6.07) is 79.4. The average molecular weight is 1590 g/mol. The summed E-state index contributed by atoms with van der Waals surface area (Å²) in [6.07, 6.45) is -0.175. The number of nitrogens with zero attached hydrogens (tertiary/aromatic N) is 12. The molecule has 0 aliphatic heterocycles. The van der Waals surface area contributed by atoms with E-state index in [2.05, 4.69) is 77.0 Å². The highest BCUT2D eigenvalue weighted by Crippen LogP contribution is 2.39. The van der Waals surface area contributed by atoms with Crippen LogP contribution in [0.5, 0.6) is 11.5 Å². The SMILES string of the molecule is Nc1cc(C(F)(F)F)nn1C(=O)Nc1ccc(-n2cnc3ccccc32)cc1.Nc1cc(C2CC2)[nH]n1.Nc1ccc(-n2cnc3ccccc32)cc1.O=C(Cl)Oc1ccccc1.O=C(Nc1ccc(-n2cnc3ccccc32)cc1)Nc1cc(C(F)(F)F)[nH]n1.O=C(Nc1ccc(-n2cnc3ccccc32)cc1)Oc1ccccc1. The van der Waals surface area contributed by atoms with Crippen molar-refractivity contribution in [2.24, 2.45) is 0 Å². The van der Waals surface area contributed by atoms with Crippen molar-refractivity contribution in [2.45, 2.75) is 31.1 Å². The first-order chi connectivity index (χ1) is 56.0. The molecular formula is C82H66ClF6N21O6. The van der Waals surface area contributed by atoms with E-state index < -0.39 is 53.1 Å². The molecule has 10 aromatic carbocycles. The second-order valence-electron chi connectivity index (χ2n) is 25.2. The van der Waals surface area contributed by atoms with Crippen LogP contribution in [0.1, 0.15) is 35.8 Å².